The van der Waals surface area contributed by atoms with Gasteiger partial charge in [0.2, 0.25) is 0 Å². The van der Waals surface area contributed by atoms with Crippen LogP contribution in [-0.2, 0) is 0 Å². The second-order valence-electron chi connectivity index (χ2n) is 10.1. The molecule has 0 unspecified atom stereocenters. The number of fused-ring (bicyclic) bond motifs is 4. The Balaban J connectivity index is 1.40. The van der Waals surface area contributed by atoms with Gasteiger partial charge in [0, 0.05) is 0 Å². The quantitative estimate of drug-likeness (QED) is 0.203. The van der Waals surface area contributed by atoms with Crippen molar-refractivity contribution in [1.29, 1.82) is 0 Å². The first kappa shape index (κ1) is 23.7. The summed E-state index contributed by atoms with van der Waals surface area (Å²) in [5, 5.41) is 0. The van der Waals surface area contributed by atoms with Crippen LogP contribution in [0.1, 0.15) is 0 Å². The SMILES string of the molecule is c1cc[c]([Ge]2([c]3ccccc3)[c]3ccccc3Sc3cc(N4c5ccccc5Oc5ccccc54)cc[c]32)cc1. The number of hydrogen-bond acceptors (Lipinski definition) is 3. The van der Waals surface area contributed by atoms with Crippen LogP contribution in [0.4, 0.5) is 17.1 Å². The molecule has 8 rings (SSSR count). The van der Waals surface area contributed by atoms with Gasteiger partial charge in [-0.25, -0.2) is 0 Å². The zero-order valence-electron chi connectivity index (χ0n) is 21.7. The summed E-state index contributed by atoms with van der Waals surface area (Å²) >= 11 is -1.40. The number of anilines is 3. The first-order valence-corrected chi connectivity index (χ1v) is 18.5. The molecule has 0 N–H and O–H groups in total. The number of para-hydroxylation sites is 4. The number of hydrogen-bond donors (Lipinski definition) is 0. The van der Waals surface area contributed by atoms with E-state index in [1.54, 1.807) is 0 Å². The van der Waals surface area contributed by atoms with E-state index in [1.807, 2.05) is 36.0 Å². The summed E-state index contributed by atoms with van der Waals surface area (Å²) in [5.41, 5.74) is 3.26. The van der Waals surface area contributed by atoms with Crippen molar-refractivity contribution in [3.8, 4) is 11.5 Å². The van der Waals surface area contributed by atoms with E-state index in [-0.39, 0.29) is 0 Å². The third-order valence-corrected chi connectivity index (χ3v) is 20.1. The van der Waals surface area contributed by atoms with Gasteiger partial charge in [-0.3, -0.25) is 0 Å². The molecule has 40 heavy (non-hydrogen) atoms. The normalized spacial score (nSPS) is 14.2. The minimum absolute atomic E-state index is 0.873. The van der Waals surface area contributed by atoms with E-state index in [2.05, 4.69) is 132 Å². The molecule has 2 heterocycles. The molecule has 2 nitrogen and oxygen atoms in total. The third kappa shape index (κ3) is 3.51. The molecule has 0 saturated heterocycles. The van der Waals surface area contributed by atoms with E-state index in [0.717, 1.165) is 28.6 Å². The van der Waals surface area contributed by atoms with Crippen LogP contribution in [0.15, 0.2) is 161 Å². The molecule has 0 spiro atoms. The summed E-state index contributed by atoms with van der Waals surface area (Å²) in [5.74, 6) is 1.75. The average molecular weight is 592 g/mol. The van der Waals surface area contributed by atoms with Crippen LogP contribution in [-0.4, -0.2) is 13.3 Å². The van der Waals surface area contributed by atoms with E-state index in [1.165, 1.54) is 27.4 Å². The first-order chi connectivity index (χ1) is 19.8. The number of rotatable bonds is 3. The van der Waals surface area contributed by atoms with Gasteiger partial charge in [0.25, 0.3) is 0 Å². The van der Waals surface area contributed by atoms with Crippen molar-refractivity contribution in [3.63, 3.8) is 0 Å². The Morgan fingerprint density at radius 1 is 0.475 bits per heavy atom. The van der Waals surface area contributed by atoms with Gasteiger partial charge >= 0.3 is 242 Å². The molecule has 0 atom stereocenters. The van der Waals surface area contributed by atoms with Crippen molar-refractivity contribution >= 4 is 59.7 Å². The number of nitrogens with zero attached hydrogens (tertiary/aromatic N) is 1. The van der Waals surface area contributed by atoms with E-state index < -0.39 is 13.3 Å². The Kier molecular flexibility index (Phi) is 5.61. The van der Waals surface area contributed by atoms with E-state index in [0.29, 0.717) is 0 Å². The summed E-state index contributed by atoms with van der Waals surface area (Å²) < 4.78 is 12.2. The third-order valence-electron chi connectivity index (χ3n) is 7.98. The van der Waals surface area contributed by atoms with Gasteiger partial charge in [0.15, 0.2) is 0 Å². The Morgan fingerprint density at radius 3 is 1.65 bits per heavy atom. The second kappa shape index (κ2) is 9.48. The first-order valence-electron chi connectivity index (χ1n) is 13.5. The maximum absolute atomic E-state index is 6.30. The van der Waals surface area contributed by atoms with Gasteiger partial charge < -0.3 is 0 Å². The summed E-state index contributed by atoms with van der Waals surface area (Å²) in [6.45, 7) is 0. The van der Waals surface area contributed by atoms with Crippen molar-refractivity contribution in [2.75, 3.05) is 4.90 Å². The molecule has 2 aliphatic heterocycles. The van der Waals surface area contributed by atoms with E-state index >= 15 is 0 Å². The van der Waals surface area contributed by atoms with Crippen molar-refractivity contribution < 1.29 is 4.74 Å². The topological polar surface area (TPSA) is 12.5 Å². The average Bonchev–Trinajstić information content (AvgIpc) is 3.03. The second-order valence-corrected chi connectivity index (χ2v) is 19.0. The van der Waals surface area contributed by atoms with Gasteiger partial charge in [0.1, 0.15) is 0 Å². The van der Waals surface area contributed by atoms with Crippen molar-refractivity contribution in [2.45, 2.75) is 9.79 Å². The number of ether oxygens (including phenoxy) is 1. The van der Waals surface area contributed by atoms with Gasteiger partial charge in [-0.2, -0.15) is 0 Å². The van der Waals surface area contributed by atoms with Gasteiger partial charge in [-0.15, -0.1) is 0 Å². The predicted molar refractivity (Wildman–Crippen MR) is 169 cm³/mol. The van der Waals surface area contributed by atoms with Crippen LogP contribution >= 0.6 is 11.8 Å². The molecule has 2 aliphatic rings. The molecule has 4 heteroatoms. The fourth-order valence-electron chi connectivity index (χ4n) is 6.32. The van der Waals surface area contributed by atoms with E-state index in [9.17, 15) is 0 Å². The van der Waals surface area contributed by atoms with Crippen LogP contribution in [0.25, 0.3) is 0 Å². The van der Waals surface area contributed by atoms with Crippen molar-refractivity contribution in [3.05, 3.63) is 152 Å². The summed E-state index contributed by atoms with van der Waals surface area (Å²) in [4.78, 5) is 5.04. The molecular weight excluding hydrogens is 567 g/mol. The Bertz CT molecular complexity index is 1790. The zero-order chi connectivity index (χ0) is 26.5. The predicted octanol–water partition coefficient (Wildman–Crippen LogP) is 7.10. The van der Waals surface area contributed by atoms with Crippen LogP contribution in [0.3, 0.4) is 0 Å². The molecule has 0 saturated carbocycles. The zero-order valence-corrected chi connectivity index (χ0v) is 24.6. The van der Waals surface area contributed by atoms with E-state index in [4.69, 9.17) is 4.74 Å². The summed E-state index contributed by atoms with van der Waals surface area (Å²) in [6, 6.07) is 55.3. The molecule has 6 aromatic rings. The Hall–Kier alpha value is -4.19. The van der Waals surface area contributed by atoms with Crippen molar-refractivity contribution in [1.82, 2.24) is 0 Å². The van der Waals surface area contributed by atoms with Crippen molar-refractivity contribution in [2.24, 2.45) is 0 Å². The fourth-order valence-corrected chi connectivity index (χ4v) is 19.6. The molecule has 6 aromatic carbocycles. The Morgan fingerprint density at radius 2 is 1.00 bits per heavy atom. The molecule has 0 radical (unpaired) electrons. The Labute approximate surface area is 241 Å². The summed E-state index contributed by atoms with van der Waals surface area (Å²) in [6.07, 6.45) is 0. The van der Waals surface area contributed by atoms with Crippen LogP contribution < -0.4 is 27.2 Å². The molecule has 190 valence electrons. The van der Waals surface area contributed by atoms with Crippen LogP contribution in [0.5, 0.6) is 11.5 Å². The van der Waals surface area contributed by atoms with Crippen LogP contribution in [0.2, 0.25) is 0 Å². The molecule has 0 aliphatic carbocycles. The molecule has 0 fully saturated rings. The monoisotopic (exact) mass is 593 g/mol. The van der Waals surface area contributed by atoms with Gasteiger partial charge in [0.05, 0.1) is 0 Å². The molecule has 0 amide bonds. The standard InChI is InChI=1S/C36H25GeNOS/c1-3-13-26(14-4-1)37(27-15-5-2-6-16-27)29-17-7-12-22-35(29)40-36-25-28(23-24-30(36)37)38-31-18-8-10-20-33(31)39-34-21-11-9-19-32(34)38/h1-25H. The molecular formula is C36H25GeNOS. The van der Waals surface area contributed by atoms with Gasteiger partial charge in [-0.1, -0.05) is 0 Å². The molecule has 0 aromatic heterocycles. The summed E-state index contributed by atoms with van der Waals surface area (Å²) in [7, 11) is 0. The molecule has 0 bridgehead atoms. The number of benzene rings is 6. The maximum atomic E-state index is 6.30. The van der Waals surface area contributed by atoms with Crippen LogP contribution in [0, 0.1) is 0 Å². The van der Waals surface area contributed by atoms with Gasteiger partial charge in [-0.05, 0) is 0 Å². The fraction of sp³-hybridized carbons (Fsp3) is 0. The minimum atomic E-state index is -3.30.